The van der Waals surface area contributed by atoms with Crippen molar-refractivity contribution < 1.29 is 9.53 Å². The van der Waals surface area contributed by atoms with Crippen molar-refractivity contribution in [3.63, 3.8) is 0 Å². The molecule has 0 spiro atoms. The Kier molecular flexibility index (Phi) is 4.17. The van der Waals surface area contributed by atoms with Crippen LogP contribution < -0.4 is 10.1 Å². The Morgan fingerprint density at radius 1 is 1.43 bits per heavy atom. The number of amides is 1. The van der Waals surface area contributed by atoms with Crippen LogP contribution in [0.4, 0.5) is 0 Å². The van der Waals surface area contributed by atoms with Gasteiger partial charge in [0.15, 0.2) is 0 Å². The third kappa shape index (κ3) is 2.91. The van der Waals surface area contributed by atoms with Crippen LogP contribution in [0.5, 0.6) is 5.75 Å². The first-order chi connectivity index (χ1) is 10.3. The molecule has 5 nitrogen and oxygen atoms in total. The molecule has 0 unspecified atom stereocenters. The molecule has 1 aromatic heterocycles. The number of nitrogens with zero attached hydrogens (tertiary/aromatic N) is 2. The number of aromatic nitrogens is 1. The lowest BCUT2D eigenvalue weighted by Gasteiger charge is -2.36. The summed E-state index contributed by atoms with van der Waals surface area (Å²) in [7, 11) is 1.65. The van der Waals surface area contributed by atoms with Crippen molar-refractivity contribution in [3.8, 4) is 5.75 Å². The van der Waals surface area contributed by atoms with Gasteiger partial charge in [0.1, 0.15) is 10.6 Å². The van der Waals surface area contributed by atoms with Crippen molar-refractivity contribution in [2.24, 2.45) is 0 Å². The minimum absolute atomic E-state index is 0.0410. The van der Waals surface area contributed by atoms with Crippen molar-refractivity contribution in [2.75, 3.05) is 26.7 Å². The van der Waals surface area contributed by atoms with Crippen LogP contribution in [0.1, 0.15) is 21.3 Å². The second-order valence-corrected chi connectivity index (χ2v) is 5.74. The summed E-state index contributed by atoms with van der Waals surface area (Å²) in [4.78, 5) is 19.2. The standard InChI is InChI=1S/C15H17N3O2S/c1-20-12-4-2-11(3-5-12)13-8-16-6-7-18(13)15(19)14-9-17-10-21-14/h2-5,9-10,13,16H,6-8H2,1H3/t13-/m0/s1. The number of ether oxygens (including phenoxy) is 1. The first-order valence-corrected chi connectivity index (χ1v) is 7.71. The highest BCUT2D eigenvalue weighted by atomic mass is 32.1. The average Bonchev–Trinajstić information content (AvgIpc) is 3.09. The van der Waals surface area contributed by atoms with Gasteiger partial charge in [-0.25, -0.2) is 0 Å². The second-order valence-electron chi connectivity index (χ2n) is 4.86. The van der Waals surface area contributed by atoms with Gasteiger partial charge < -0.3 is 15.0 Å². The van der Waals surface area contributed by atoms with Crippen LogP contribution in [-0.2, 0) is 0 Å². The molecule has 2 aromatic rings. The van der Waals surface area contributed by atoms with E-state index >= 15 is 0 Å². The fourth-order valence-electron chi connectivity index (χ4n) is 2.53. The molecule has 0 saturated carbocycles. The Hall–Kier alpha value is -1.92. The predicted octanol–water partition coefficient (Wildman–Crippen LogP) is 1.94. The highest BCUT2D eigenvalue weighted by molar-refractivity contribution is 7.11. The Morgan fingerprint density at radius 3 is 2.90 bits per heavy atom. The molecule has 1 aromatic carbocycles. The van der Waals surface area contributed by atoms with Crippen LogP contribution in [0.25, 0.3) is 0 Å². The number of benzene rings is 1. The number of thiazole rings is 1. The summed E-state index contributed by atoms with van der Waals surface area (Å²) in [6.45, 7) is 2.28. The highest BCUT2D eigenvalue weighted by Gasteiger charge is 2.29. The van der Waals surface area contributed by atoms with Gasteiger partial charge in [-0.15, -0.1) is 11.3 Å². The molecule has 1 fully saturated rings. The molecule has 1 aliphatic rings. The van der Waals surface area contributed by atoms with Gasteiger partial charge >= 0.3 is 0 Å². The molecule has 1 amide bonds. The van der Waals surface area contributed by atoms with Gasteiger partial charge in [-0.1, -0.05) is 12.1 Å². The van der Waals surface area contributed by atoms with Gasteiger partial charge in [-0.05, 0) is 17.7 Å². The highest BCUT2D eigenvalue weighted by Crippen LogP contribution is 2.26. The van der Waals surface area contributed by atoms with Crippen molar-refractivity contribution >= 4 is 17.2 Å². The molecule has 110 valence electrons. The van der Waals surface area contributed by atoms with Crippen molar-refractivity contribution in [3.05, 3.63) is 46.4 Å². The number of rotatable bonds is 3. The molecule has 1 atom stereocenters. The number of carbonyl (C=O) groups is 1. The van der Waals surface area contributed by atoms with E-state index in [-0.39, 0.29) is 11.9 Å². The van der Waals surface area contributed by atoms with E-state index < -0.39 is 0 Å². The number of piperazine rings is 1. The normalized spacial score (nSPS) is 18.5. The van der Waals surface area contributed by atoms with Gasteiger partial charge in [0.05, 0.1) is 24.9 Å². The maximum atomic E-state index is 12.6. The maximum Gasteiger partial charge on any atom is 0.266 e. The molecule has 0 aliphatic carbocycles. The van der Waals surface area contributed by atoms with Crippen molar-refractivity contribution in [1.29, 1.82) is 0 Å². The molecule has 2 heterocycles. The van der Waals surface area contributed by atoms with Crippen LogP contribution in [0, 0.1) is 0 Å². The first kappa shape index (κ1) is 14.0. The molecule has 1 N–H and O–H groups in total. The lowest BCUT2D eigenvalue weighted by molar-refractivity contribution is 0.0639. The number of methoxy groups -OCH3 is 1. The molecule has 3 rings (SSSR count). The quantitative estimate of drug-likeness (QED) is 0.941. The van der Waals surface area contributed by atoms with Gasteiger partial charge in [0.25, 0.3) is 5.91 Å². The van der Waals surface area contributed by atoms with Crippen LogP contribution in [0.15, 0.2) is 36.0 Å². The summed E-state index contributed by atoms with van der Waals surface area (Å²) >= 11 is 1.39. The minimum atomic E-state index is 0.0410. The maximum absolute atomic E-state index is 12.6. The molecule has 0 radical (unpaired) electrons. The summed E-state index contributed by atoms with van der Waals surface area (Å²) < 4.78 is 5.19. The molecular formula is C15H17N3O2S. The lowest BCUT2D eigenvalue weighted by Crippen LogP contribution is -2.48. The van der Waals surface area contributed by atoms with E-state index in [4.69, 9.17) is 4.74 Å². The SMILES string of the molecule is COc1ccc([C@@H]2CNCCN2C(=O)c2cncs2)cc1. The lowest BCUT2D eigenvalue weighted by atomic mass is 10.0. The average molecular weight is 303 g/mol. The zero-order chi connectivity index (χ0) is 14.7. The summed E-state index contributed by atoms with van der Waals surface area (Å²) in [6.07, 6.45) is 1.64. The van der Waals surface area contributed by atoms with Crippen LogP contribution in [0.3, 0.4) is 0 Å². The van der Waals surface area contributed by atoms with Crippen LogP contribution in [0.2, 0.25) is 0 Å². The fraction of sp³-hybridized carbons (Fsp3) is 0.333. The van der Waals surface area contributed by atoms with E-state index in [1.54, 1.807) is 18.8 Å². The fourth-order valence-corrected chi connectivity index (χ4v) is 3.11. The summed E-state index contributed by atoms with van der Waals surface area (Å²) in [6, 6.07) is 7.94. The van der Waals surface area contributed by atoms with Crippen LogP contribution >= 0.6 is 11.3 Å². The van der Waals surface area contributed by atoms with E-state index in [1.165, 1.54) is 11.3 Å². The Labute approximate surface area is 127 Å². The third-order valence-electron chi connectivity index (χ3n) is 3.65. The number of carbonyl (C=O) groups excluding carboxylic acids is 1. The Balaban J connectivity index is 1.85. The number of hydrogen-bond donors (Lipinski definition) is 1. The minimum Gasteiger partial charge on any atom is -0.497 e. The number of nitrogens with one attached hydrogen (secondary N) is 1. The van der Waals surface area contributed by atoms with Crippen molar-refractivity contribution in [1.82, 2.24) is 15.2 Å². The predicted molar refractivity (Wildman–Crippen MR) is 81.8 cm³/mol. The van der Waals surface area contributed by atoms with Gasteiger partial charge in [0.2, 0.25) is 0 Å². The third-order valence-corrected chi connectivity index (χ3v) is 4.41. The van der Waals surface area contributed by atoms with E-state index in [0.717, 1.165) is 24.4 Å². The van der Waals surface area contributed by atoms with E-state index in [1.807, 2.05) is 29.2 Å². The second kappa shape index (κ2) is 6.24. The summed E-state index contributed by atoms with van der Waals surface area (Å²) in [5.41, 5.74) is 2.80. The van der Waals surface area contributed by atoms with E-state index in [0.29, 0.717) is 11.4 Å². The molecular weight excluding hydrogens is 286 g/mol. The Bertz CT molecular complexity index is 598. The van der Waals surface area contributed by atoms with Gasteiger partial charge in [-0.2, -0.15) is 0 Å². The van der Waals surface area contributed by atoms with Crippen LogP contribution in [-0.4, -0.2) is 42.5 Å². The van der Waals surface area contributed by atoms with E-state index in [2.05, 4.69) is 10.3 Å². The largest absolute Gasteiger partial charge is 0.497 e. The molecule has 6 heteroatoms. The topological polar surface area (TPSA) is 54.5 Å². The zero-order valence-electron chi connectivity index (χ0n) is 11.8. The Morgan fingerprint density at radius 2 is 2.24 bits per heavy atom. The molecule has 1 aliphatic heterocycles. The number of hydrogen-bond acceptors (Lipinski definition) is 5. The monoisotopic (exact) mass is 303 g/mol. The smallest absolute Gasteiger partial charge is 0.266 e. The summed E-state index contributed by atoms with van der Waals surface area (Å²) in [5.74, 6) is 0.877. The molecule has 1 saturated heterocycles. The summed E-state index contributed by atoms with van der Waals surface area (Å²) in [5, 5.41) is 3.35. The van der Waals surface area contributed by atoms with Gasteiger partial charge in [0, 0.05) is 19.6 Å². The van der Waals surface area contributed by atoms with Gasteiger partial charge in [-0.3, -0.25) is 9.78 Å². The molecule has 21 heavy (non-hydrogen) atoms. The first-order valence-electron chi connectivity index (χ1n) is 6.83. The van der Waals surface area contributed by atoms with Crippen molar-refractivity contribution in [2.45, 2.75) is 6.04 Å². The zero-order valence-corrected chi connectivity index (χ0v) is 12.6. The molecule has 0 bridgehead atoms. The van der Waals surface area contributed by atoms with E-state index in [9.17, 15) is 4.79 Å².